The Morgan fingerprint density at radius 2 is 2.30 bits per heavy atom. The first kappa shape index (κ1) is 13.9. The highest BCUT2D eigenvalue weighted by Crippen LogP contribution is 2.28. The van der Waals surface area contributed by atoms with Gasteiger partial charge in [0.25, 0.3) is 5.89 Å². The Bertz CT molecular complexity index is 614. The van der Waals surface area contributed by atoms with Crippen molar-refractivity contribution in [1.82, 2.24) is 10.1 Å². The van der Waals surface area contributed by atoms with Gasteiger partial charge in [0.2, 0.25) is 5.75 Å². The van der Waals surface area contributed by atoms with Crippen molar-refractivity contribution in [2.45, 2.75) is 26.4 Å². The lowest BCUT2D eigenvalue weighted by atomic mass is 10.3. The van der Waals surface area contributed by atoms with Gasteiger partial charge in [-0.3, -0.25) is 10.1 Å². The maximum Gasteiger partial charge on any atom is 0.311 e. The maximum atomic E-state index is 13.1. The minimum atomic E-state index is -0.648. The number of hydrogen-bond donors (Lipinski definition) is 0. The number of nitrogens with zero attached hydrogens (tertiary/aromatic N) is 3. The zero-order valence-corrected chi connectivity index (χ0v) is 10.7. The Morgan fingerprint density at radius 3 is 3.00 bits per heavy atom. The zero-order chi connectivity index (χ0) is 14.5. The molecule has 0 saturated carbocycles. The second-order valence-electron chi connectivity index (χ2n) is 4.01. The van der Waals surface area contributed by atoms with Crippen LogP contribution in [-0.4, -0.2) is 15.1 Å². The smallest absolute Gasteiger partial charge is 0.311 e. The van der Waals surface area contributed by atoms with Gasteiger partial charge in [0, 0.05) is 18.6 Å². The molecule has 20 heavy (non-hydrogen) atoms. The van der Waals surface area contributed by atoms with Gasteiger partial charge in [-0.15, -0.1) is 0 Å². The lowest BCUT2D eigenvalue weighted by molar-refractivity contribution is -0.386. The van der Waals surface area contributed by atoms with E-state index in [-0.39, 0.29) is 23.9 Å². The van der Waals surface area contributed by atoms with Gasteiger partial charge in [0.15, 0.2) is 12.4 Å². The van der Waals surface area contributed by atoms with Gasteiger partial charge >= 0.3 is 5.69 Å². The van der Waals surface area contributed by atoms with Crippen LogP contribution in [0.15, 0.2) is 22.7 Å². The Balaban J connectivity index is 2.09. The van der Waals surface area contributed by atoms with Crippen LogP contribution in [-0.2, 0) is 13.0 Å². The fourth-order valence-electron chi connectivity index (χ4n) is 1.57. The lowest BCUT2D eigenvalue weighted by Gasteiger charge is -2.03. The number of benzene rings is 1. The number of aryl methyl sites for hydroxylation is 1. The molecule has 1 heterocycles. The minimum absolute atomic E-state index is 0.152. The zero-order valence-electron chi connectivity index (χ0n) is 10.7. The first-order valence-electron chi connectivity index (χ1n) is 5.98. The van der Waals surface area contributed by atoms with E-state index in [9.17, 15) is 14.5 Å². The number of halogens is 1. The Morgan fingerprint density at radius 1 is 1.50 bits per heavy atom. The lowest BCUT2D eigenvalue weighted by Crippen LogP contribution is -2.00. The monoisotopic (exact) mass is 281 g/mol. The van der Waals surface area contributed by atoms with Gasteiger partial charge in [-0.25, -0.2) is 4.39 Å². The van der Waals surface area contributed by atoms with E-state index in [2.05, 4.69) is 10.1 Å². The van der Waals surface area contributed by atoms with Crippen LogP contribution >= 0.6 is 0 Å². The largest absolute Gasteiger partial charge is 0.477 e. The molecule has 0 saturated heterocycles. The second-order valence-corrected chi connectivity index (χ2v) is 4.01. The van der Waals surface area contributed by atoms with E-state index in [1.807, 2.05) is 6.92 Å². The Labute approximate surface area is 113 Å². The molecule has 0 amide bonds. The summed E-state index contributed by atoms with van der Waals surface area (Å²) in [5.41, 5.74) is -0.320. The summed E-state index contributed by atoms with van der Waals surface area (Å²) in [6, 6.07) is 2.99. The average molecular weight is 281 g/mol. The van der Waals surface area contributed by atoms with Crippen molar-refractivity contribution >= 4 is 5.69 Å². The Hall–Kier alpha value is -2.51. The van der Waals surface area contributed by atoms with Crippen molar-refractivity contribution in [3.8, 4) is 5.75 Å². The molecule has 106 valence electrons. The quantitative estimate of drug-likeness (QED) is 0.597. The molecule has 0 aliphatic carbocycles. The summed E-state index contributed by atoms with van der Waals surface area (Å²) in [6.45, 7) is 1.82. The van der Waals surface area contributed by atoms with E-state index in [0.717, 1.165) is 24.6 Å². The highest BCUT2D eigenvalue weighted by molar-refractivity contribution is 5.46. The SMILES string of the molecule is CCCc1noc(COc2cc(F)ccc2[N+](=O)[O-])n1. The molecule has 1 aromatic carbocycles. The third-order valence-corrected chi connectivity index (χ3v) is 2.45. The van der Waals surface area contributed by atoms with Crippen molar-refractivity contribution in [1.29, 1.82) is 0 Å². The number of ether oxygens (including phenoxy) is 1. The summed E-state index contributed by atoms with van der Waals surface area (Å²) >= 11 is 0. The fourth-order valence-corrected chi connectivity index (χ4v) is 1.57. The highest BCUT2D eigenvalue weighted by atomic mass is 19.1. The van der Waals surface area contributed by atoms with Gasteiger partial charge in [-0.2, -0.15) is 4.98 Å². The van der Waals surface area contributed by atoms with Crippen molar-refractivity contribution in [2.75, 3.05) is 0 Å². The molecule has 1 aromatic heterocycles. The van der Waals surface area contributed by atoms with Crippen molar-refractivity contribution in [3.63, 3.8) is 0 Å². The molecule has 2 aromatic rings. The highest BCUT2D eigenvalue weighted by Gasteiger charge is 2.17. The molecule has 0 bridgehead atoms. The van der Waals surface area contributed by atoms with E-state index < -0.39 is 10.7 Å². The first-order valence-corrected chi connectivity index (χ1v) is 5.98. The molecule has 7 nitrogen and oxygen atoms in total. The van der Waals surface area contributed by atoms with Crippen LogP contribution < -0.4 is 4.74 Å². The predicted molar refractivity (Wildman–Crippen MR) is 65.7 cm³/mol. The molecule has 8 heteroatoms. The number of rotatable bonds is 6. The number of nitro benzene ring substituents is 1. The van der Waals surface area contributed by atoms with Crippen LogP contribution in [0.25, 0.3) is 0 Å². The van der Waals surface area contributed by atoms with E-state index in [0.29, 0.717) is 12.2 Å². The molecular weight excluding hydrogens is 269 g/mol. The summed E-state index contributed by atoms with van der Waals surface area (Å²) < 4.78 is 23.2. The maximum absolute atomic E-state index is 13.1. The van der Waals surface area contributed by atoms with E-state index >= 15 is 0 Å². The van der Waals surface area contributed by atoms with Crippen LogP contribution in [0.2, 0.25) is 0 Å². The first-order chi connectivity index (χ1) is 9.60. The Kier molecular flexibility index (Phi) is 4.24. The van der Waals surface area contributed by atoms with Crippen molar-refractivity contribution in [2.24, 2.45) is 0 Å². The van der Waals surface area contributed by atoms with Gasteiger partial charge in [-0.05, 0) is 12.5 Å². The third-order valence-electron chi connectivity index (χ3n) is 2.45. The minimum Gasteiger partial charge on any atom is -0.477 e. The van der Waals surface area contributed by atoms with E-state index in [4.69, 9.17) is 9.26 Å². The number of nitro groups is 1. The van der Waals surface area contributed by atoms with Gasteiger partial charge in [-0.1, -0.05) is 12.1 Å². The predicted octanol–water partition coefficient (Wildman–Crippen LogP) is 2.65. The van der Waals surface area contributed by atoms with Crippen LogP contribution in [0.4, 0.5) is 10.1 Å². The molecule has 0 aliphatic heterocycles. The van der Waals surface area contributed by atoms with Gasteiger partial charge < -0.3 is 9.26 Å². The summed E-state index contributed by atoms with van der Waals surface area (Å²) in [7, 11) is 0. The fraction of sp³-hybridized carbons (Fsp3) is 0.333. The molecule has 0 unspecified atom stereocenters. The van der Waals surface area contributed by atoms with Gasteiger partial charge in [0.1, 0.15) is 5.82 Å². The molecule has 0 radical (unpaired) electrons. The molecule has 0 spiro atoms. The summed E-state index contributed by atoms with van der Waals surface area (Å²) in [6.07, 6.45) is 1.54. The summed E-state index contributed by atoms with van der Waals surface area (Å²) in [5.74, 6) is -0.0695. The van der Waals surface area contributed by atoms with Crippen molar-refractivity contribution < 1.29 is 18.6 Å². The molecule has 2 rings (SSSR count). The van der Waals surface area contributed by atoms with Crippen LogP contribution in [0.3, 0.4) is 0 Å². The normalized spacial score (nSPS) is 10.5. The number of hydrogen-bond acceptors (Lipinski definition) is 6. The standard InChI is InChI=1S/C12H12FN3O4/c1-2-3-11-14-12(20-15-11)7-19-10-6-8(13)4-5-9(10)16(17)18/h4-6H,2-3,7H2,1H3. The van der Waals surface area contributed by atoms with Crippen LogP contribution in [0.1, 0.15) is 25.1 Å². The molecule has 0 N–H and O–H groups in total. The molecule has 0 atom stereocenters. The summed E-state index contributed by atoms with van der Waals surface area (Å²) in [4.78, 5) is 14.2. The third kappa shape index (κ3) is 3.28. The van der Waals surface area contributed by atoms with E-state index in [1.54, 1.807) is 0 Å². The molecular formula is C12H12FN3O4. The van der Waals surface area contributed by atoms with Crippen LogP contribution in [0, 0.1) is 15.9 Å². The summed E-state index contributed by atoms with van der Waals surface area (Å²) in [5, 5.41) is 14.5. The van der Waals surface area contributed by atoms with E-state index in [1.165, 1.54) is 0 Å². The molecule has 0 aliphatic rings. The van der Waals surface area contributed by atoms with Crippen LogP contribution in [0.5, 0.6) is 5.75 Å². The van der Waals surface area contributed by atoms with Crippen molar-refractivity contribution in [3.05, 3.63) is 45.8 Å². The second kappa shape index (κ2) is 6.09. The van der Waals surface area contributed by atoms with Gasteiger partial charge in [0.05, 0.1) is 4.92 Å². The topological polar surface area (TPSA) is 91.3 Å². The average Bonchev–Trinajstić information content (AvgIpc) is 2.84. The molecule has 0 fully saturated rings. The number of aromatic nitrogens is 2.